The molecule has 2 aromatic heterocycles. The molecule has 1 saturated heterocycles. The van der Waals surface area contributed by atoms with E-state index in [0.717, 1.165) is 0 Å². The third-order valence-electron chi connectivity index (χ3n) is 4.47. The van der Waals surface area contributed by atoms with Crippen molar-refractivity contribution in [1.82, 2.24) is 14.8 Å². The van der Waals surface area contributed by atoms with Crippen molar-refractivity contribution < 1.29 is 22.4 Å². The third kappa shape index (κ3) is 3.18. The summed E-state index contributed by atoms with van der Waals surface area (Å²) in [5, 5.41) is 7.19. The lowest BCUT2D eigenvalue weighted by Crippen LogP contribution is -2.53. The first-order valence-corrected chi connectivity index (χ1v) is 8.02. The molecule has 1 aliphatic rings. The van der Waals surface area contributed by atoms with Crippen LogP contribution in [0, 0.1) is 11.7 Å². The lowest BCUT2D eigenvalue weighted by molar-refractivity contribution is -0.180. The first-order valence-electron chi connectivity index (χ1n) is 8.02. The van der Waals surface area contributed by atoms with Crippen molar-refractivity contribution in [3.05, 3.63) is 42.5 Å². The molecule has 3 heterocycles. The molecule has 0 radical (unpaired) electrons. The van der Waals surface area contributed by atoms with Crippen molar-refractivity contribution in [1.29, 1.82) is 0 Å². The maximum atomic E-state index is 14.1. The lowest BCUT2D eigenvalue weighted by Gasteiger charge is -2.41. The number of hydrogen-bond acceptors (Lipinski definition) is 4. The first-order chi connectivity index (χ1) is 12.8. The normalized spacial score (nSPS) is 15.0. The van der Waals surface area contributed by atoms with E-state index in [1.807, 2.05) is 0 Å². The number of nitrogens with one attached hydrogen (secondary N) is 1. The van der Waals surface area contributed by atoms with Crippen molar-refractivity contribution in [3.63, 3.8) is 0 Å². The Kier molecular flexibility index (Phi) is 3.97. The van der Waals surface area contributed by atoms with Crippen LogP contribution in [-0.4, -0.2) is 40.4 Å². The number of aromatic nitrogens is 3. The Labute approximate surface area is 150 Å². The van der Waals surface area contributed by atoms with Crippen molar-refractivity contribution in [2.24, 2.45) is 5.92 Å². The van der Waals surface area contributed by atoms with E-state index in [4.69, 9.17) is 0 Å². The summed E-state index contributed by atoms with van der Waals surface area (Å²) in [6.07, 6.45) is -0.730. The molecule has 0 spiro atoms. The minimum atomic E-state index is -4.20. The number of anilines is 2. The second-order valence-electron chi connectivity index (χ2n) is 6.25. The summed E-state index contributed by atoms with van der Waals surface area (Å²) < 4.78 is 53.3. The molecule has 0 unspecified atom stereocenters. The van der Waals surface area contributed by atoms with Crippen molar-refractivity contribution in [3.8, 4) is 5.69 Å². The average molecular weight is 379 g/mol. The van der Waals surface area contributed by atoms with Gasteiger partial charge in [0.05, 0.1) is 17.8 Å². The molecule has 10 heteroatoms. The fraction of sp³-hybridized carbons (Fsp3) is 0.235. The Hall–Kier alpha value is -3.17. The maximum Gasteiger partial charge on any atom is 0.395 e. The summed E-state index contributed by atoms with van der Waals surface area (Å²) in [6.45, 7) is -0.224. The minimum Gasteiger partial charge on any atom is -0.369 e. The van der Waals surface area contributed by atoms with Gasteiger partial charge in [-0.25, -0.2) is 14.1 Å². The smallest absolute Gasteiger partial charge is 0.369 e. The quantitative estimate of drug-likeness (QED) is 0.559. The van der Waals surface area contributed by atoms with Crippen LogP contribution in [0.3, 0.4) is 0 Å². The van der Waals surface area contributed by atoms with Gasteiger partial charge in [-0.1, -0.05) is 0 Å². The molecule has 0 atom stereocenters. The summed E-state index contributed by atoms with van der Waals surface area (Å²) in [5.74, 6) is -1.88. The van der Waals surface area contributed by atoms with Crippen LogP contribution in [0.5, 0.6) is 0 Å². The van der Waals surface area contributed by atoms with Gasteiger partial charge in [-0.2, -0.15) is 13.2 Å². The highest BCUT2D eigenvalue weighted by atomic mass is 19.4. The van der Waals surface area contributed by atoms with E-state index in [1.165, 1.54) is 35.3 Å². The average Bonchev–Trinajstić information content (AvgIpc) is 2.97. The number of alkyl halides is 3. The Morgan fingerprint density at radius 1 is 1.22 bits per heavy atom. The zero-order valence-corrected chi connectivity index (χ0v) is 13.7. The largest absolute Gasteiger partial charge is 0.395 e. The molecule has 0 saturated carbocycles. The van der Waals surface area contributed by atoms with E-state index >= 15 is 0 Å². The molecule has 0 bridgehead atoms. The van der Waals surface area contributed by atoms with Crippen LogP contribution in [0.25, 0.3) is 16.7 Å². The van der Waals surface area contributed by atoms with Gasteiger partial charge < -0.3 is 10.2 Å². The Balaban J connectivity index is 1.62. The number of fused-ring (bicyclic) bond motifs is 1. The van der Waals surface area contributed by atoms with Crippen molar-refractivity contribution in [2.45, 2.75) is 6.18 Å². The molecule has 140 valence electrons. The van der Waals surface area contributed by atoms with Crippen LogP contribution >= 0.6 is 0 Å². The highest BCUT2D eigenvalue weighted by molar-refractivity contribution is 5.79. The van der Waals surface area contributed by atoms with Gasteiger partial charge in [0.25, 0.3) is 0 Å². The van der Waals surface area contributed by atoms with E-state index < -0.39 is 17.9 Å². The second kappa shape index (κ2) is 6.22. The molecule has 27 heavy (non-hydrogen) atoms. The molecular weight excluding hydrogens is 366 g/mol. The highest BCUT2D eigenvalue weighted by Crippen LogP contribution is 2.36. The Morgan fingerprint density at radius 2 is 2.00 bits per heavy atom. The topological polar surface area (TPSA) is 63.1 Å². The van der Waals surface area contributed by atoms with Gasteiger partial charge in [0.1, 0.15) is 11.5 Å². The molecule has 1 aliphatic heterocycles. The summed E-state index contributed by atoms with van der Waals surface area (Å²) in [6, 6.07) is 5.70. The SMILES string of the molecule is O=CNc1ccc(F)c(-n2cc3cc(N4CC(C(F)(F)F)C4)cnc3n2)c1. The zero-order valence-electron chi connectivity index (χ0n) is 13.7. The van der Waals surface area contributed by atoms with Crippen LogP contribution in [-0.2, 0) is 4.79 Å². The first kappa shape index (κ1) is 17.3. The minimum absolute atomic E-state index is 0.112. The number of rotatable bonds is 4. The van der Waals surface area contributed by atoms with Crippen LogP contribution in [0.15, 0.2) is 36.7 Å². The van der Waals surface area contributed by atoms with Gasteiger partial charge in [-0.05, 0) is 24.3 Å². The van der Waals surface area contributed by atoms with Crippen LogP contribution < -0.4 is 10.2 Å². The molecule has 1 fully saturated rings. The monoisotopic (exact) mass is 379 g/mol. The van der Waals surface area contributed by atoms with Gasteiger partial charge >= 0.3 is 6.18 Å². The maximum absolute atomic E-state index is 14.1. The zero-order chi connectivity index (χ0) is 19.2. The summed E-state index contributed by atoms with van der Waals surface area (Å²) in [5.41, 5.74) is 1.40. The van der Waals surface area contributed by atoms with E-state index in [9.17, 15) is 22.4 Å². The number of halogens is 4. The molecule has 1 N–H and O–H groups in total. The predicted octanol–water partition coefficient (Wildman–Crippen LogP) is 3.13. The van der Waals surface area contributed by atoms with Gasteiger partial charge in [0.2, 0.25) is 6.41 Å². The number of benzene rings is 1. The van der Waals surface area contributed by atoms with Crippen molar-refractivity contribution >= 4 is 28.8 Å². The Bertz CT molecular complexity index is 1010. The van der Waals surface area contributed by atoms with Gasteiger partial charge in [0, 0.05) is 30.4 Å². The summed E-state index contributed by atoms with van der Waals surface area (Å²) >= 11 is 0. The number of carbonyl (C=O) groups excluding carboxylic acids is 1. The lowest BCUT2D eigenvalue weighted by atomic mass is 9.99. The van der Waals surface area contributed by atoms with E-state index in [1.54, 1.807) is 11.0 Å². The molecule has 6 nitrogen and oxygen atoms in total. The fourth-order valence-electron chi connectivity index (χ4n) is 2.94. The number of hydrogen-bond donors (Lipinski definition) is 1. The predicted molar refractivity (Wildman–Crippen MR) is 90.3 cm³/mol. The van der Waals surface area contributed by atoms with E-state index in [0.29, 0.717) is 28.8 Å². The van der Waals surface area contributed by atoms with Crippen LogP contribution in [0.2, 0.25) is 0 Å². The summed E-state index contributed by atoms with van der Waals surface area (Å²) in [7, 11) is 0. The number of amides is 1. The van der Waals surface area contributed by atoms with E-state index in [-0.39, 0.29) is 18.8 Å². The number of nitrogens with zero attached hydrogens (tertiary/aromatic N) is 4. The fourth-order valence-corrected chi connectivity index (χ4v) is 2.94. The standard InChI is InChI=1S/C17H13F4N5O/c18-14-2-1-12(23-9-27)4-15(14)26-6-10-3-13(5-22-16(10)24-26)25-7-11(8-25)17(19,20)21/h1-6,9,11H,7-8H2,(H,23,27). The van der Waals surface area contributed by atoms with Gasteiger partial charge in [-0.15, -0.1) is 5.10 Å². The molecular formula is C17H13F4N5O. The summed E-state index contributed by atoms with van der Waals surface area (Å²) in [4.78, 5) is 16.3. The molecule has 4 rings (SSSR count). The van der Waals surface area contributed by atoms with Crippen molar-refractivity contribution in [2.75, 3.05) is 23.3 Å². The van der Waals surface area contributed by atoms with Crippen LogP contribution in [0.1, 0.15) is 0 Å². The molecule has 0 aliphatic carbocycles. The second-order valence-corrected chi connectivity index (χ2v) is 6.25. The Morgan fingerprint density at radius 3 is 2.70 bits per heavy atom. The number of carbonyl (C=O) groups is 1. The van der Waals surface area contributed by atoms with Crippen LogP contribution in [0.4, 0.5) is 28.9 Å². The third-order valence-corrected chi connectivity index (χ3v) is 4.47. The molecule has 3 aromatic rings. The number of pyridine rings is 1. The van der Waals surface area contributed by atoms with E-state index in [2.05, 4.69) is 15.4 Å². The molecule has 1 amide bonds. The van der Waals surface area contributed by atoms with Gasteiger partial charge in [-0.3, -0.25) is 4.79 Å². The molecule has 1 aromatic carbocycles. The van der Waals surface area contributed by atoms with Gasteiger partial charge in [0.15, 0.2) is 5.65 Å². The highest BCUT2D eigenvalue weighted by Gasteiger charge is 2.47.